The fraction of sp³-hybridized carbons (Fsp3) is 1.00. The van der Waals surface area contributed by atoms with E-state index in [1.807, 2.05) is 13.8 Å². The van der Waals surface area contributed by atoms with Gasteiger partial charge in [0.2, 0.25) is 0 Å². The molecule has 0 aliphatic carbocycles. The van der Waals surface area contributed by atoms with Gasteiger partial charge in [0.05, 0.1) is 6.61 Å². The molecule has 0 saturated carbocycles. The van der Waals surface area contributed by atoms with Crippen LogP contribution in [0, 0.1) is 41.7 Å². The molecule has 0 heterocycles. The predicted octanol–water partition coefficient (Wildman–Crippen LogP) is 2.83. The molecule has 0 amide bonds. The molecule has 0 aromatic carbocycles. The largest absolute Gasteiger partial charge is 4.00 e. The molecule has 0 aliphatic heterocycles. The van der Waals surface area contributed by atoms with Crippen molar-refractivity contribution < 1.29 is 66.5 Å². The summed E-state index contributed by atoms with van der Waals surface area (Å²) < 4.78 is 5.15. The van der Waals surface area contributed by atoms with Crippen molar-refractivity contribution in [2.75, 3.05) is 41.0 Å². The SMILES string of the molecule is C.C.C.CCNCCCOOC(C)(CC)OC.CO.CO.[Ce+4]. The molecular weight excluding hydrogens is 414 g/mol. The van der Waals surface area contributed by atoms with Crippen LogP contribution in [0.2, 0.25) is 0 Å². The van der Waals surface area contributed by atoms with E-state index in [-0.39, 0.29) is 64.0 Å². The third-order valence-electron chi connectivity index (χ3n) is 2.14. The van der Waals surface area contributed by atoms with Crippen molar-refractivity contribution in [3.8, 4) is 0 Å². The summed E-state index contributed by atoms with van der Waals surface area (Å²) >= 11 is 0. The van der Waals surface area contributed by atoms with Crippen molar-refractivity contribution in [2.24, 2.45) is 0 Å². The molecule has 1 atom stereocenters. The third-order valence-corrected chi connectivity index (χ3v) is 2.14. The zero-order chi connectivity index (χ0) is 14.9. The van der Waals surface area contributed by atoms with Gasteiger partial charge in [-0.3, -0.25) is 0 Å². The van der Waals surface area contributed by atoms with E-state index in [1.54, 1.807) is 7.11 Å². The zero-order valence-corrected chi connectivity index (χ0v) is 16.3. The standard InChI is InChI=1S/C10H23NO3.2CH4O.3CH4.Ce/c1-5-10(3,12-4)14-13-9-7-8-11-6-2;2*1-2;;;;/h11H,5-9H2,1-4H3;2*2H,1H3;3*1H4;/q;;;;;;+4. The molecule has 0 spiro atoms. The van der Waals surface area contributed by atoms with Crippen molar-refractivity contribution in [1.29, 1.82) is 0 Å². The second-order valence-electron chi connectivity index (χ2n) is 3.30. The van der Waals surface area contributed by atoms with E-state index in [9.17, 15) is 0 Å². The van der Waals surface area contributed by atoms with Crippen LogP contribution in [-0.2, 0) is 14.5 Å². The first kappa shape index (κ1) is 43.5. The van der Waals surface area contributed by atoms with Gasteiger partial charge < -0.3 is 20.3 Å². The average molecular weight is 458 g/mol. The molecule has 7 heteroatoms. The molecule has 0 saturated heterocycles. The summed E-state index contributed by atoms with van der Waals surface area (Å²) in [6.45, 7) is 8.46. The van der Waals surface area contributed by atoms with Gasteiger partial charge in [0.15, 0.2) is 5.79 Å². The van der Waals surface area contributed by atoms with Crippen LogP contribution in [0.5, 0.6) is 0 Å². The molecule has 3 N–H and O–H groups in total. The van der Waals surface area contributed by atoms with Crippen molar-refractivity contribution in [3.05, 3.63) is 0 Å². The molecule has 0 rings (SSSR count). The van der Waals surface area contributed by atoms with Crippen LogP contribution in [0.1, 0.15) is 55.9 Å². The van der Waals surface area contributed by atoms with Crippen LogP contribution in [0.15, 0.2) is 0 Å². The Morgan fingerprint density at radius 1 is 1.00 bits per heavy atom. The van der Waals surface area contributed by atoms with Crippen molar-refractivity contribution in [1.82, 2.24) is 5.32 Å². The first-order valence-corrected chi connectivity index (χ1v) is 6.14. The summed E-state index contributed by atoms with van der Waals surface area (Å²) in [5, 5.41) is 17.2. The minimum Gasteiger partial charge on any atom is -0.400 e. The number of aliphatic hydroxyl groups is 2. The number of ether oxygens (including phenoxy) is 1. The molecule has 6 nitrogen and oxygen atoms in total. The molecule has 0 fully saturated rings. The minimum absolute atomic E-state index is 0. The van der Waals surface area contributed by atoms with Crippen LogP contribution >= 0.6 is 0 Å². The van der Waals surface area contributed by atoms with Gasteiger partial charge in [0, 0.05) is 27.8 Å². The van der Waals surface area contributed by atoms with E-state index in [1.165, 1.54) is 0 Å². The normalized spacial score (nSPS) is 10.4. The number of aliphatic hydroxyl groups excluding tert-OH is 2. The van der Waals surface area contributed by atoms with E-state index in [0.717, 1.165) is 40.2 Å². The first-order valence-electron chi connectivity index (χ1n) is 6.14. The van der Waals surface area contributed by atoms with Crippen molar-refractivity contribution in [3.63, 3.8) is 0 Å². The van der Waals surface area contributed by atoms with Gasteiger partial charge in [-0.05, 0) is 26.4 Å². The number of nitrogens with one attached hydrogen (secondary N) is 1. The maximum atomic E-state index is 7.00. The Morgan fingerprint density at radius 3 is 1.77 bits per heavy atom. The molecule has 0 aromatic heterocycles. The monoisotopic (exact) mass is 457 g/mol. The number of hydrogen-bond acceptors (Lipinski definition) is 6. The van der Waals surface area contributed by atoms with Crippen molar-refractivity contribution in [2.45, 2.75) is 61.7 Å². The second kappa shape index (κ2) is 38.0. The molecule has 138 valence electrons. The Kier molecular flexibility index (Phi) is 75.2. The first-order chi connectivity index (χ1) is 8.68. The van der Waals surface area contributed by atoms with Gasteiger partial charge in [0.25, 0.3) is 0 Å². The van der Waals surface area contributed by atoms with Crippen LogP contribution in [0.3, 0.4) is 0 Å². The van der Waals surface area contributed by atoms with Crippen LogP contribution in [0.4, 0.5) is 0 Å². The summed E-state index contributed by atoms with van der Waals surface area (Å²) in [5.74, 6) is -0.613. The molecule has 0 radical (unpaired) electrons. The van der Waals surface area contributed by atoms with E-state index >= 15 is 0 Å². The molecule has 1 unspecified atom stereocenters. The van der Waals surface area contributed by atoms with E-state index < -0.39 is 5.79 Å². The molecule has 0 bridgehead atoms. The van der Waals surface area contributed by atoms with Gasteiger partial charge in [0.1, 0.15) is 0 Å². The number of hydrogen-bond donors (Lipinski definition) is 3. The van der Waals surface area contributed by atoms with Crippen LogP contribution < -0.4 is 5.32 Å². The summed E-state index contributed by atoms with van der Waals surface area (Å²) in [4.78, 5) is 10.2. The number of rotatable bonds is 9. The Labute approximate surface area is 173 Å². The Balaban J connectivity index is -0.0000000517. The quantitative estimate of drug-likeness (QED) is 0.214. The zero-order valence-electron chi connectivity index (χ0n) is 13.2. The maximum Gasteiger partial charge on any atom is 4.00 e. The predicted molar refractivity (Wildman–Crippen MR) is 92.4 cm³/mol. The number of methoxy groups -OCH3 is 1. The van der Waals surface area contributed by atoms with Gasteiger partial charge in [-0.1, -0.05) is 36.1 Å². The van der Waals surface area contributed by atoms with Gasteiger partial charge >= 0.3 is 41.7 Å². The maximum absolute atomic E-state index is 7.00. The molecular formula is C15H43CeNO5+4. The summed E-state index contributed by atoms with van der Waals surface area (Å²) in [7, 11) is 3.62. The Morgan fingerprint density at radius 2 is 1.45 bits per heavy atom. The summed E-state index contributed by atoms with van der Waals surface area (Å²) in [6.07, 6.45) is 1.70. The van der Waals surface area contributed by atoms with Gasteiger partial charge in [-0.2, -0.15) is 0 Å². The van der Waals surface area contributed by atoms with Crippen molar-refractivity contribution >= 4 is 0 Å². The topological polar surface area (TPSA) is 80.2 Å². The van der Waals surface area contributed by atoms with Gasteiger partial charge in [-0.15, -0.1) is 0 Å². The smallest absolute Gasteiger partial charge is 0.400 e. The van der Waals surface area contributed by atoms with Crippen LogP contribution in [0.25, 0.3) is 0 Å². The molecule has 22 heavy (non-hydrogen) atoms. The van der Waals surface area contributed by atoms with Crippen LogP contribution in [-0.4, -0.2) is 57.0 Å². The summed E-state index contributed by atoms with van der Waals surface area (Å²) in [5.41, 5.74) is 0. The van der Waals surface area contributed by atoms with E-state index in [0.29, 0.717) is 6.61 Å². The minimum atomic E-state index is -0.613. The Hall–Kier alpha value is 1.14. The van der Waals surface area contributed by atoms with E-state index in [4.69, 9.17) is 24.7 Å². The molecule has 0 aromatic rings. The molecule has 0 aliphatic rings. The fourth-order valence-corrected chi connectivity index (χ4v) is 0.836. The fourth-order valence-electron chi connectivity index (χ4n) is 0.836. The third kappa shape index (κ3) is 32.9. The van der Waals surface area contributed by atoms with Gasteiger partial charge in [-0.25, -0.2) is 9.78 Å². The second-order valence-corrected chi connectivity index (χ2v) is 3.30. The van der Waals surface area contributed by atoms with E-state index in [2.05, 4.69) is 12.2 Å². The Bertz CT molecular complexity index is 139. The summed E-state index contributed by atoms with van der Waals surface area (Å²) in [6, 6.07) is 0. The average Bonchev–Trinajstić information content (AvgIpc) is 2.46.